The van der Waals surface area contributed by atoms with Gasteiger partial charge < -0.3 is 4.90 Å². The third-order valence-electron chi connectivity index (χ3n) is 4.57. The zero-order chi connectivity index (χ0) is 17.5. The highest BCUT2D eigenvalue weighted by Crippen LogP contribution is 2.35. The molecule has 3 rings (SSSR count). The van der Waals surface area contributed by atoms with E-state index in [-0.39, 0.29) is 39.9 Å². The molecule has 24 heavy (non-hydrogen) atoms. The second-order valence-corrected chi connectivity index (χ2v) is 9.66. The molecule has 1 heterocycles. The summed E-state index contributed by atoms with van der Waals surface area (Å²) < 4.78 is 27.7. The molecule has 1 aromatic carbocycles. The molecule has 0 unspecified atom stereocenters. The average molecular weight is 456 g/mol. The van der Waals surface area contributed by atoms with Crippen molar-refractivity contribution < 1.29 is 13.2 Å². The van der Waals surface area contributed by atoms with Gasteiger partial charge in [-0.2, -0.15) is 4.31 Å². The van der Waals surface area contributed by atoms with Gasteiger partial charge >= 0.3 is 0 Å². The molecule has 2 fully saturated rings. The Morgan fingerprint density at radius 1 is 1.08 bits per heavy atom. The van der Waals surface area contributed by atoms with Gasteiger partial charge in [-0.25, -0.2) is 8.42 Å². The quantitative estimate of drug-likeness (QED) is 0.701. The summed E-state index contributed by atoms with van der Waals surface area (Å²) in [6.45, 7) is 1.31. The normalized spacial score (nSPS) is 20.0. The van der Waals surface area contributed by atoms with Crippen molar-refractivity contribution in [2.75, 3.05) is 26.2 Å². The van der Waals surface area contributed by atoms with Gasteiger partial charge in [0.05, 0.1) is 10.0 Å². The summed E-state index contributed by atoms with van der Waals surface area (Å²) in [6, 6.07) is 3.02. The number of carbonyl (C=O) groups excluding carboxylic acids is 1. The molecule has 1 aromatic rings. The Morgan fingerprint density at radius 2 is 1.62 bits per heavy atom. The highest BCUT2D eigenvalue weighted by molar-refractivity contribution is 9.10. The summed E-state index contributed by atoms with van der Waals surface area (Å²) >= 11 is 15.4. The van der Waals surface area contributed by atoms with Crippen molar-refractivity contribution in [3.63, 3.8) is 0 Å². The van der Waals surface area contributed by atoms with E-state index in [0.717, 1.165) is 19.3 Å². The molecule has 1 saturated heterocycles. The Balaban J connectivity index is 1.74. The topological polar surface area (TPSA) is 57.7 Å². The van der Waals surface area contributed by atoms with Crippen molar-refractivity contribution >= 4 is 55.1 Å². The first-order valence-electron chi connectivity index (χ1n) is 7.74. The number of hydrogen-bond donors (Lipinski definition) is 0. The lowest BCUT2D eigenvalue weighted by Gasteiger charge is -2.37. The predicted molar refractivity (Wildman–Crippen MR) is 96.8 cm³/mol. The van der Waals surface area contributed by atoms with Gasteiger partial charge in [0.25, 0.3) is 0 Å². The van der Waals surface area contributed by atoms with Crippen molar-refractivity contribution in [2.45, 2.75) is 24.2 Å². The highest BCUT2D eigenvalue weighted by Gasteiger charge is 2.35. The largest absolute Gasteiger partial charge is 0.340 e. The number of benzene rings is 1. The summed E-state index contributed by atoms with van der Waals surface area (Å²) in [6.07, 6.45) is 2.99. The Hall–Kier alpha value is -0.340. The van der Waals surface area contributed by atoms with Crippen LogP contribution in [0.4, 0.5) is 0 Å². The van der Waals surface area contributed by atoms with E-state index in [1.807, 2.05) is 0 Å². The zero-order valence-corrected chi connectivity index (χ0v) is 16.8. The molecule has 0 radical (unpaired) electrons. The first kappa shape index (κ1) is 18.5. The summed E-state index contributed by atoms with van der Waals surface area (Å²) in [5.41, 5.74) is 0. The van der Waals surface area contributed by atoms with Crippen molar-refractivity contribution in [3.05, 3.63) is 26.7 Å². The molecule has 132 valence electrons. The summed E-state index contributed by atoms with van der Waals surface area (Å²) in [5, 5.41) is 0.171. The van der Waals surface area contributed by atoms with Crippen LogP contribution in [0.1, 0.15) is 19.3 Å². The van der Waals surface area contributed by atoms with Gasteiger partial charge in [0.15, 0.2) is 0 Å². The third-order valence-corrected chi connectivity index (χ3v) is 7.84. The third kappa shape index (κ3) is 3.46. The first-order valence-corrected chi connectivity index (χ1v) is 10.7. The van der Waals surface area contributed by atoms with Crippen molar-refractivity contribution in [1.82, 2.24) is 9.21 Å². The van der Waals surface area contributed by atoms with E-state index in [0.29, 0.717) is 17.6 Å². The standard InChI is InChI=1S/C15H17BrCl2N2O3S/c16-11-8-12(17)14(13(18)9-11)24(22,23)20-6-4-19(5-7-20)15(21)10-2-1-3-10/h8-10H,1-7H2. The zero-order valence-electron chi connectivity index (χ0n) is 12.8. The van der Waals surface area contributed by atoms with Crippen LogP contribution < -0.4 is 0 Å². The van der Waals surface area contributed by atoms with E-state index >= 15 is 0 Å². The molecule has 0 atom stereocenters. The highest BCUT2D eigenvalue weighted by atomic mass is 79.9. The number of rotatable bonds is 3. The molecule has 1 amide bonds. The van der Waals surface area contributed by atoms with E-state index in [2.05, 4.69) is 15.9 Å². The number of halogens is 3. The van der Waals surface area contributed by atoms with E-state index < -0.39 is 10.0 Å². The van der Waals surface area contributed by atoms with Gasteiger partial charge in [0.2, 0.25) is 15.9 Å². The fraction of sp³-hybridized carbons (Fsp3) is 0.533. The van der Waals surface area contributed by atoms with Gasteiger partial charge in [0.1, 0.15) is 4.90 Å². The van der Waals surface area contributed by atoms with Crippen LogP contribution >= 0.6 is 39.1 Å². The van der Waals surface area contributed by atoms with Crippen LogP contribution in [0.15, 0.2) is 21.5 Å². The summed E-state index contributed by atoms with van der Waals surface area (Å²) in [7, 11) is -3.79. The molecule has 1 aliphatic carbocycles. The van der Waals surface area contributed by atoms with Gasteiger partial charge in [-0.3, -0.25) is 4.79 Å². The molecule has 1 aliphatic heterocycles. The second kappa shape index (κ2) is 7.11. The Bertz CT molecular complexity index is 737. The molecular weight excluding hydrogens is 439 g/mol. The van der Waals surface area contributed by atoms with E-state index in [1.165, 1.54) is 16.4 Å². The van der Waals surface area contributed by atoms with Crippen molar-refractivity contribution in [2.24, 2.45) is 5.92 Å². The number of nitrogens with zero attached hydrogens (tertiary/aromatic N) is 2. The molecule has 0 aromatic heterocycles. The maximum atomic E-state index is 12.9. The molecular formula is C15H17BrCl2N2O3S. The maximum absolute atomic E-state index is 12.9. The number of amides is 1. The monoisotopic (exact) mass is 454 g/mol. The van der Waals surface area contributed by atoms with Crippen LogP contribution in [0, 0.1) is 5.92 Å². The lowest BCUT2D eigenvalue weighted by molar-refractivity contribution is -0.139. The number of piperazine rings is 1. The summed E-state index contributed by atoms with van der Waals surface area (Å²) in [4.78, 5) is 14.0. The van der Waals surface area contributed by atoms with Gasteiger partial charge in [0, 0.05) is 36.6 Å². The minimum atomic E-state index is -3.79. The SMILES string of the molecule is O=C(C1CCC1)N1CCN(S(=O)(=O)c2c(Cl)cc(Br)cc2Cl)CC1. The van der Waals surface area contributed by atoms with Crippen LogP contribution in [0.5, 0.6) is 0 Å². The second-order valence-electron chi connectivity index (χ2n) is 6.06. The minimum absolute atomic E-state index is 0.0761. The maximum Gasteiger partial charge on any atom is 0.246 e. The Kier molecular flexibility index (Phi) is 5.47. The fourth-order valence-electron chi connectivity index (χ4n) is 2.97. The molecule has 5 nitrogen and oxygen atoms in total. The smallest absolute Gasteiger partial charge is 0.246 e. The summed E-state index contributed by atoms with van der Waals surface area (Å²) in [5.74, 6) is 0.279. The Labute approximate surface area is 160 Å². The molecule has 0 bridgehead atoms. The Morgan fingerprint density at radius 3 is 2.08 bits per heavy atom. The number of sulfonamides is 1. The van der Waals surface area contributed by atoms with E-state index in [4.69, 9.17) is 23.2 Å². The number of hydrogen-bond acceptors (Lipinski definition) is 3. The van der Waals surface area contributed by atoms with Gasteiger partial charge in [-0.05, 0) is 25.0 Å². The number of carbonyl (C=O) groups is 1. The van der Waals surface area contributed by atoms with Crippen LogP contribution in [0.25, 0.3) is 0 Å². The lowest BCUT2D eigenvalue weighted by atomic mass is 9.84. The molecule has 0 N–H and O–H groups in total. The minimum Gasteiger partial charge on any atom is -0.340 e. The fourth-order valence-corrected chi connectivity index (χ4v) is 6.27. The molecule has 2 aliphatic rings. The van der Waals surface area contributed by atoms with Crippen molar-refractivity contribution in [3.8, 4) is 0 Å². The molecule has 0 spiro atoms. The van der Waals surface area contributed by atoms with Gasteiger partial charge in [-0.1, -0.05) is 45.6 Å². The van der Waals surface area contributed by atoms with Gasteiger partial charge in [-0.15, -0.1) is 0 Å². The van der Waals surface area contributed by atoms with Crippen molar-refractivity contribution in [1.29, 1.82) is 0 Å². The average Bonchev–Trinajstić information content (AvgIpc) is 2.44. The van der Waals surface area contributed by atoms with Crippen LogP contribution in [0.3, 0.4) is 0 Å². The van der Waals surface area contributed by atoms with E-state index in [9.17, 15) is 13.2 Å². The molecule has 1 saturated carbocycles. The first-order chi connectivity index (χ1) is 11.3. The van der Waals surface area contributed by atoms with Crippen LogP contribution in [-0.2, 0) is 14.8 Å². The van der Waals surface area contributed by atoms with Crippen LogP contribution in [-0.4, -0.2) is 49.7 Å². The lowest BCUT2D eigenvalue weighted by Crippen LogP contribution is -2.52. The predicted octanol–water partition coefficient (Wildman–Crippen LogP) is 3.39. The van der Waals surface area contributed by atoms with Crippen LogP contribution in [0.2, 0.25) is 10.0 Å². The molecule has 9 heteroatoms. The van der Waals surface area contributed by atoms with E-state index in [1.54, 1.807) is 4.90 Å².